The summed E-state index contributed by atoms with van der Waals surface area (Å²) >= 11 is 0. The van der Waals surface area contributed by atoms with Crippen molar-refractivity contribution in [3.05, 3.63) is 60.2 Å². The number of nitrogens with two attached hydrogens (primary N) is 1. The second kappa shape index (κ2) is 8.24. The summed E-state index contributed by atoms with van der Waals surface area (Å²) in [4.78, 5) is 14.4. The molecule has 25 heavy (non-hydrogen) atoms. The van der Waals surface area contributed by atoms with Crippen LogP contribution in [0, 0.1) is 0 Å². The molecule has 0 aliphatic rings. The zero-order chi connectivity index (χ0) is 18.4. The molecule has 0 fully saturated rings. The third kappa shape index (κ3) is 5.97. The Morgan fingerprint density at radius 3 is 2.20 bits per heavy atom. The van der Waals surface area contributed by atoms with Gasteiger partial charge in [-0.15, -0.1) is 0 Å². The Balaban J connectivity index is 1.99. The second-order valence-corrected chi connectivity index (χ2v) is 7.66. The van der Waals surface area contributed by atoms with Gasteiger partial charge in [0.1, 0.15) is 0 Å². The predicted octanol–water partition coefficient (Wildman–Crippen LogP) is 2.18. The van der Waals surface area contributed by atoms with Crippen LogP contribution in [0.1, 0.15) is 19.4 Å². The van der Waals surface area contributed by atoms with Crippen molar-refractivity contribution in [3.8, 4) is 0 Å². The first-order valence-electron chi connectivity index (χ1n) is 7.96. The average Bonchev–Trinajstić information content (AvgIpc) is 2.54. The lowest BCUT2D eigenvalue weighted by Crippen LogP contribution is -2.37. The van der Waals surface area contributed by atoms with E-state index in [4.69, 9.17) is 5.14 Å². The predicted molar refractivity (Wildman–Crippen MR) is 98.4 cm³/mol. The minimum atomic E-state index is -3.73. The molecule has 134 valence electrons. The maximum absolute atomic E-state index is 12.3. The summed E-state index contributed by atoms with van der Waals surface area (Å²) in [5.41, 5.74) is 1.67. The fourth-order valence-electron chi connectivity index (χ4n) is 2.35. The highest BCUT2D eigenvalue weighted by Crippen LogP contribution is 2.13. The molecule has 0 spiro atoms. The van der Waals surface area contributed by atoms with E-state index in [1.54, 1.807) is 0 Å². The van der Waals surface area contributed by atoms with Gasteiger partial charge in [0, 0.05) is 18.3 Å². The number of nitrogens with zero attached hydrogens (tertiary/aromatic N) is 1. The van der Waals surface area contributed by atoms with E-state index >= 15 is 0 Å². The quantitative estimate of drug-likeness (QED) is 0.790. The molecule has 2 rings (SSSR count). The molecule has 0 radical (unpaired) electrons. The number of carbonyl (C=O) groups excluding carboxylic acids is 1. The van der Waals surface area contributed by atoms with Crippen LogP contribution in [0.3, 0.4) is 0 Å². The number of hydrogen-bond acceptors (Lipinski definition) is 4. The fourth-order valence-corrected chi connectivity index (χ4v) is 2.87. The second-order valence-electron chi connectivity index (χ2n) is 6.10. The lowest BCUT2D eigenvalue weighted by atomic mass is 10.2. The highest BCUT2D eigenvalue weighted by Gasteiger charge is 2.15. The fraction of sp³-hybridized carbons (Fsp3) is 0.278. The molecular formula is C18H23N3O3S. The molecule has 7 heteroatoms. The lowest BCUT2D eigenvalue weighted by Gasteiger charge is -2.26. The number of amides is 1. The molecule has 0 atom stereocenters. The Morgan fingerprint density at radius 2 is 1.68 bits per heavy atom. The van der Waals surface area contributed by atoms with Crippen molar-refractivity contribution in [2.75, 3.05) is 11.9 Å². The number of carbonyl (C=O) groups is 1. The van der Waals surface area contributed by atoms with Gasteiger partial charge >= 0.3 is 0 Å². The van der Waals surface area contributed by atoms with Gasteiger partial charge in [0.25, 0.3) is 0 Å². The number of anilines is 1. The van der Waals surface area contributed by atoms with Crippen molar-refractivity contribution < 1.29 is 13.2 Å². The summed E-state index contributed by atoms with van der Waals surface area (Å²) < 4.78 is 22.5. The van der Waals surface area contributed by atoms with Crippen LogP contribution in [-0.4, -0.2) is 31.8 Å². The molecule has 0 heterocycles. The molecule has 0 saturated carbocycles. The van der Waals surface area contributed by atoms with E-state index in [2.05, 4.69) is 10.2 Å². The topological polar surface area (TPSA) is 92.5 Å². The Bertz CT molecular complexity index is 803. The van der Waals surface area contributed by atoms with Crippen LogP contribution >= 0.6 is 0 Å². The number of rotatable bonds is 7. The van der Waals surface area contributed by atoms with Crippen molar-refractivity contribution in [2.45, 2.75) is 31.3 Å². The minimum absolute atomic E-state index is 0.0124. The van der Waals surface area contributed by atoms with Crippen molar-refractivity contribution in [1.29, 1.82) is 0 Å². The zero-order valence-electron chi connectivity index (χ0n) is 14.3. The van der Waals surface area contributed by atoms with E-state index in [1.807, 2.05) is 44.2 Å². The number of sulfonamides is 1. The van der Waals surface area contributed by atoms with Gasteiger partial charge in [-0.25, -0.2) is 13.6 Å². The number of benzene rings is 2. The number of hydrogen-bond donors (Lipinski definition) is 2. The third-order valence-corrected chi connectivity index (χ3v) is 4.70. The SMILES string of the molecule is CC(C)N(CC(=O)Nc1ccc(S(N)(=O)=O)cc1)Cc1ccccc1. The summed E-state index contributed by atoms with van der Waals surface area (Å²) in [5, 5.41) is 7.83. The van der Waals surface area contributed by atoms with Crippen LogP contribution in [0.15, 0.2) is 59.5 Å². The van der Waals surface area contributed by atoms with Gasteiger partial charge in [0.05, 0.1) is 11.4 Å². The van der Waals surface area contributed by atoms with Crippen molar-refractivity contribution in [1.82, 2.24) is 4.90 Å². The van der Waals surface area contributed by atoms with Gasteiger partial charge in [0.2, 0.25) is 15.9 Å². The average molecular weight is 361 g/mol. The molecule has 2 aromatic rings. The van der Waals surface area contributed by atoms with Crippen LogP contribution in [0.5, 0.6) is 0 Å². The highest BCUT2D eigenvalue weighted by atomic mass is 32.2. The maximum Gasteiger partial charge on any atom is 0.238 e. The molecule has 0 saturated heterocycles. The van der Waals surface area contributed by atoms with Crippen LogP contribution in [0.2, 0.25) is 0 Å². The van der Waals surface area contributed by atoms with E-state index in [0.29, 0.717) is 12.2 Å². The standard InChI is InChI=1S/C18H23N3O3S/c1-14(2)21(12-15-6-4-3-5-7-15)13-18(22)20-16-8-10-17(11-9-16)25(19,23)24/h3-11,14H,12-13H2,1-2H3,(H,20,22)(H2,19,23,24). The minimum Gasteiger partial charge on any atom is -0.325 e. The van der Waals surface area contributed by atoms with E-state index < -0.39 is 10.0 Å². The monoisotopic (exact) mass is 361 g/mol. The summed E-state index contributed by atoms with van der Waals surface area (Å²) in [6.07, 6.45) is 0. The Morgan fingerprint density at radius 1 is 1.08 bits per heavy atom. The molecule has 6 nitrogen and oxygen atoms in total. The van der Waals surface area contributed by atoms with Crippen molar-refractivity contribution in [2.24, 2.45) is 5.14 Å². The van der Waals surface area contributed by atoms with Crippen LogP contribution < -0.4 is 10.5 Å². The summed E-state index contributed by atoms with van der Waals surface area (Å²) in [7, 11) is -3.73. The van der Waals surface area contributed by atoms with Crippen molar-refractivity contribution >= 4 is 21.6 Å². The Kier molecular flexibility index (Phi) is 6.30. The molecule has 3 N–H and O–H groups in total. The summed E-state index contributed by atoms with van der Waals surface area (Å²) in [6, 6.07) is 15.9. The van der Waals surface area contributed by atoms with Gasteiger partial charge < -0.3 is 5.32 Å². The van der Waals surface area contributed by atoms with Gasteiger partial charge in [-0.05, 0) is 43.7 Å². The zero-order valence-corrected chi connectivity index (χ0v) is 15.2. The van der Waals surface area contributed by atoms with Crippen molar-refractivity contribution in [3.63, 3.8) is 0 Å². The van der Waals surface area contributed by atoms with E-state index in [0.717, 1.165) is 5.56 Å². The van der Waals surface area contributed by atoms with Gasteiger partial charge in [-0.3, -0.25) is 9.69 Å². The molecule has 0 aromatic heterocycles. The lowest BCUT2D eigenvalue weighted by molar-refractivity contribution is -0.117. The summed E-state index contributed by atoms with van der Waals surface area (Å²) in [5.74, 6) is -0.159. The molecular weight excluding hydrogens is 338 g/mol. The largest absolute Gasteiger partial charge is 0.325 e. The van der Waals surface area contributed by atoms with E-state index in [9.17, 15) is 13.2 Å². The van der Waals surface area contributed by atoms with Gasteiger partial charge in [-0.1, -0.05) is 30.3 Å². The van der Waals surface area contributed by atoms with E-state index in [1.165, 1.54) is 24.3 Å². The summed E-state index contributed by atoms with van der Waals surface area (Å²) in [6.45, 7) is 4.99. The molecule has 0 aliphatic carbocycles. The first-order valence-corrected chi connectivity index (χ1v) is 9.51. The Hall–Kier alpha value is -2.22. The number of nitrogens with one attached hydrogen (secondary N) is 1. The Labute approximate surface area is 148 Å². The van der Waals surface area contributed by atoms with Crippen LogP contribution in [0.25, 0.3) is 0 Å². The number of primary sulfonamides is 1. The molecule has 2 aromatic carbocycles. The first kappa shape index (κ1) is 19.1. The van der Waals surface area contributed by atoms with Crippen LogP contribution in [0.4, 0.5) is 5.69 Å². The molecule has 1 amide bonds. The molecule has 0 unspecified atom stereocenters. The highest BCUT2D eigenvalue weighted by molar-refractivity contribution is 7.89. The van der Waals surface area contributed by atoms with E-state index in [-0.39, 0.29) is 23.4 Å². The van der Waals surface area contributed by atoms with Gasteiger partial charge in [-0.2, -0.15) is 0 Å². The molecule has 0 aliphatic heterocycles. The first-order chi connectivity index (χ1) is 11.8. The van der Waals surface area contributed by atoms with Crippen LogP contribution in [-0.2, 0) is 21.4 Å². The molecule has 0 bridgehead atoms. The third-order valence-electron chi connectivity index (χ3n) is 3.77. The normalized spacial score (nSPS) is 11.7. The smallest absolute Gasteiger partial charge is 0.238 e. The van der Waals surface area contributed by atoms with Gasteiger partial charge in [0.15, 0.2) is 0 Å². The maximum atomic E-state index is 12.3.